The molecule has 0 bridgehead atoms. The highest BCUT2D eigenvalue weighted by molar-refractivity contribution is 7.07. The SMILES string of the molecule is C=CCN=c1scc(-c2cc(Cl)ccc2Cl)n1N=Cc1ccco1. The van der Waals surface area contributed by atoms with Crippen LogP contribution in [0.2, 0.25) is 10.0 Å². The average Bonchev–Trinajstić information content (AvgIpc) is 3.22. The quantitative estimate of drug-likeness (QED) is 0.451. The Morgan fingerprint density at radius 1 is 1.29 bits per heavy atom. The van der Waals surface area contributed by atoms with Gasteiger partial charge in [-0.15, -0.1) is 17.9 Å². The molecule has 0 saturated heterocycles. The van der Waals surface area contributed by atoms with Crippen LogP contribution in [0.4, 0.5) is 0 Å². The van der Waals surface area contributed by atoms with E-state index in [-0.39, 0.29) is 0 Å². The van der Waals surface area contributed by atoms with E-state index < -0.39 is 0 Å². The Balaban J connectivity index is 2.14. The molecule has 3 aromatic rings. The van der Waals surface area contributed by atoms with Crippen molar-refractivity contribution in [3.63, 3.8) is 0 Å². The second kappa shape index (κ2) is 7.66. The molecule has 0 N–H and O–H groups in total. The normalized spacial score (nSPS) is 12.2. The molecule has 0 radical (unpaired) electrons. The number of furan rings is 1. The lowest BCUT2D eigenvalue weighted by Crippen LogP contribution is -2.12. The van der Waals surface area contributed by atoms with Crippen molar-refractivity contribution in [3.05, 3.63) is 75.2 Å². The molecule has 0 aliphatic rings. The Kier molecular flexibility index (Phi) is 5.35. The minimum atomic E-state index is 0.500. The zero-order chi connectivity index (χ0) is 16.9. The molecule has 2 aromatic heterocycles. The number of hydrogen-bond acceptors (Lipinski definition) is 4. The Labute approximate surface area is 153 Å². The standard InChI is InChI=1S/C17H13Cl2N3OS/c1-2-7-20-17-22(21-10-13-4-3-8-23-13)16(11-24-17)14-9-12(18)5-6-15(14)19/h2-6,8-11H,1,7H2. The van der Waals surface area contributed by atoms with Crippen LogP contribution in [0.1, 0.15) is 5.76 Å². The van der Waals surface area contributed by atoms with Gasteiger partial charge in [-0.3, -0.25) is 4.99 Å². The van der Waals surface area contributed by atoms with Crippen molar-refractivity contribution in [1.82, 2.24) is 4.68 Å². The molecular formula is C17H13Cl2N3OS. The third-order valence-corrected chi connectivity index (χ3v) is 4.51. The first-order chi connectivity index (χ1) is 11.7. The van der Waals surface area contributed by atoms with Gasteiger partial charge in [0.25, 0.3) is 0 Å². The highest BCUT2D eigenvalue weighted by Crippen LogP contribution is 2.30. The van der Waals surface area contributed by atoms with Gasteiger partial charge in [0, 0.05) is 16.0 Å². The summed E-state index contributed by atoms with van der Waals surface area (Å²) in [5.41, 5.74) is 1.59. The van der Waals surface area contributed by atoms with E-state index in [1.165, 1.54) is 11.3 Å². The molecule has 0 atom stereocenters. The molecule has 3 rings (SSSR count). The van der Waals surface area contributed by atoms with E-state index in [9.17, 15) is 0 Å². The van der Waals surface area contributed by atoms with E-state index in [1.807, 2.05) is 17.5 Å². The van der Waals surface area contributed by atoms with Gasteiger partial charge < -0.3 is 4.42 Å². The fourth-order valence-corrected chi connectivity index (χ4v) is 3.25. The minimum absolute atomic E-state index is 0.500. The molecule has 0 saturated carbocycles. The second-order valence-corrected chi connectivity index (χ2v) is 6.41. The molecule has 0 unspecified atom stereocenters. The van der Waals surface area contributed by atoms with E-state index >= 15 is 0 Å². The summed E-state index contributed by atoms with van der Waals surface area (Å²) in [6.45, 7) is 4.19. The number of halogens is 2. The van der Waals surface area contributed by atoms with Crippen LogP contribution in [0.25, 0.3) is 11.3 Å². The lowest BCUT2D eigenvalue weighted by molar-refractivity contribution is 0.559. The number of thiazole rings is 1. The summed E-state index contributed by atoms with van der Waals surface area (Å²) in [6, 6.07) is 8.94. The molecule has 0 spiro atoms. The van der Waals surface area contributed by atoms with Gasteiger partial charge in [0.15, 0.2) is 0 Å². The summed E-state index contributed by atoms with van der Waals surface area (Å²) >= 11 is 13.9. The van der Waals surface area contributed by atoms with Crippen LogP contribution in [0, 0.1) is 0 Å². The number of benzene rings is 1. The second-order valence-electron chi connectivity index (χ2n) is 4.73. The first-order valence-electron chi connectivity index (χ1n) is 7.04. The predicted octanol–water partition coefficient (Wildman–Crippen LogP) is 5.09. The van der Waals surface area contributed by atoms with E-state index in [0.29, 0.717) is 22.4 Å². The number of hydrogen-bond donors (Lipinski definition) is 0. The Hall–Kier alpha value is -2.08. The highest BCUT2D eigenvalue weighted by atomic mass is 35.5. The lowest BCUT2D eigenvalue weighted by atomic mass is 10.2. The molecule has 0 fully saturated rings. The molecule has 0 aliphatic heterocycles. The Morgan fingerprint density at radius 3 is 2.92 bits per heavy atom. The lowest BCUT2D eigenvalue weighted by Gasteiger charge is -2.06. The van der Waals surface area contributed by atoms with Gasteiger partial charge in [-0.25, -0.2) is 4.68 Å². The van der Waals surface area contributed by atoms with Crippen molar-refractivity contribution in [2.45, 2.75) is 0 Å². The molecule has 2 heterocycles. The number of rotatable bonds is 5. The van der Waals surface area contributed by atoms with Crippen LogP contribution in [0.3, 0.4) is 0 Å². The molecule has 122 valence electrons. The molecule has 24 heavy (non-hydrogen) atoms. The zero-order valence-corrected chi connectivity index (χ0v) is 14.9. The van der Waals surface area contributed by atoms with Gasteiger partial charge >= 0.3 is 0 Å². The molecule has 0 amide bonds. The van der Waals surface area contributed by atoms with Crippen LogP contribution < -0.4 is 4.80 Å². The smallest absolute Gasteiger partial charge is 0.206 e. The molecule has 7 heteroatoms. The van der Waals surface area contributed by atoms with E-state index in [1.54, 1.807) is 41.4 Å². The van der Waals surface area contributed by atoms with Crippen molar-refractivity contribution in [2.75, 3.05) is 6.54 Å². The van der Waals surface area contributed by atoms with E-state index in [0.717, 1.165) is 16.1 Å². The van der Waals surface area contributed by atoms with Gasteiger partial charge in [-0.2, -0.15) is 5.10 Å². The van der Waals surface area contributed by atoms with Crippen molar-refractivity contribution in [3.8, 4) is 11.3 Å². The Bertz CT molecular complexity index is 939. The third kappa shape index (κ3) is 3.70. The summed E-state index contributed by atoms with van der Waals surface area (Å²) < 4.78 is 7.00. The maximum atomic E-state index is 6.33. The van der Waals surface area contributed by atoms with Crippen LogP contribution in [0.15, 0.2) is 69.1 Å². The summed E-state index contributed by atoms with van der Waals surface area (Å²) in [5.74, 6) is 0.645. The highest BCUT2D eigenvalue weighted by Gasteiger charge is 2.11. The average molecular weight is 378 g/mol. The van der Waals surface area contributed by atoms with Crippen LogP contribution in [-0.4, -0.2) is 17.4 Å². The summed E-state index contributed by atoms with van der Waals surface area (Å²) in [7, 11) is 0. The van der Waals surface area contributed by atoms with Gasteiger partial charge in [-0.05, 0) is 30.3 Å². The van der Waals surface area contributed by atoms with Crippen LogP contribution in [0.5, 0.6) is 0 Å². The monoisotopic (exact) mass is 377 g/mol. The van der Waals surface area contributed by atoms with Crippen molar-refractivity contribution in [1.29, 1.82) is 0 Å². The first-order valence-corrected chi connectivity index (χ1v) is 8.68. The van der Waals surface area contributed by atoms with Gasteiger partial charge in [0.1, 0.15) is 5.76 Å². The largest absolute Gasteiger partial charge is 0.463 e. The predicted molar refractivity (Wildman–Crippen MR) is 100 cm³/mol. The van der Waals surface area contributed by atoms with Gasteiger partial charge in [0.05, 0.1) is 29.7 Å². The van der Waals surface area contributed by atoms with Gasteiger partial charge in [0.2, 0.25) is 4.80 Å². The van der Waals surface area contributed by atoms with E-state index in [4.69, 9.17) is 27.6 Å². The van der Waals surface area contributed by atoms with Crippen LogP contribution >= 0.6 is 34.5 Å². The molecule has 0 aliphatic carbocycles. The molecule has 4 nitrogen and oxygen atoms in total. The van der Waals surface area contributed by atoms with Crippen molar-refractivity contribution >= 4 is 40.8 Å². The maximum absolute atomic E-state index is 6.33. The number of aromatic nitrogens is 1. The summed E-state index contributed by atoms with van der Waals surface area (Å²) in [6.07, 6.45) is 4.95. The summed E-state index contributed by atoms with van der Waals surface area (Å²) in [4.78, 5) is 5.19. The first kappa shape index (κ1) is 16.8. The third-order valence-electron chi connectivity index (χ3n) is 3.09. The fourth-order valence-electron chi connectivity index (χ4n) is 2.02. The van der Waals surface area contributed by atoms with Crippen molar-refractivity contribution < 1.29 is 4.42 Å². The zero-order valence-electron chi connectivity index (χ0n) is 12.5. The topological polar surface area (TPSA) is 42.8 Å². The summed E-state index contributed by atoms with van der Waals surface area (Å²) in [5, 5.41) is 7.63. The maximum Gasteiger partial charge on any atom is 0.206 e. The van der Waals surface area contributed by atoms with Crippen molar-refractivity contribution in [2.24, 2.45) is 10.1 Å². The Morgan fingerprint density at radius 2 is 2.17 bits per heavy atom. The van der Waals surface area contributed by atoms with Crippen LogP contribution in [-0.2, 0) is 0 Å². The van der Waals surface area contributed by atoms with Gasteiger partial charge in [-0.1, -0.05) is 29.3 Å². The minimum Gasteiger partial charge on any atom is -0.463 e. The molecule has 1 aromatic carbocycles. The fraction of sp³-hybridized carbons (Fsp3) is 0.0588. The van der Waals surface area contributed by atoms with E-state index in [2.05, 4.69) is 16.7 Å². The molecular weight excluding hydrogens is 365 g/mol. The number of nitrogens with zero attached hydrogens (tertiary/aromatic N) is 3.